The molecule has 0 amide bonds. The summed E-state index contributed by atoms with van der Waals surface area (Å²) in [6, 6.07) is 18.6. The van der Waals surface area contributed by atoms with E-state index in [0.29, 0.717) is 13.2 Å². The van der Waals surface area contributed by atoms with Gasteiger partial charge in [-0.1, -0.05) is 30.3 Å². The molecular formula is C17H22N2O. The summed E-state index contributed by atoms with van der Waals surface area (Å²) < 4.78 is 5.57. The highest BCUT2D eigenvalue weighted by Gasteiger charge is 2.16. The first-order chi connectivity index (χ1) is 9.76. The van der Waals surface area contributed by atoms with Crippen LogP contribution in [0.3, 0.4) is 0 Å². The molecule has 0 bridgehead atoms. The van der Waals surface area contributed by atoms with Gasteiger partial charge in [0.05, 0.1) is 12.6 Å². The minimum Gasteiger partial charge on any atom is -0.494 e. The van der Waals surface area contributed by atoms with Crippen LogP contribution in [0, 0.1) is 0 Å². The topological polar surface area (TPSA) is 38.5 Å². The molecule has 0 aliphatic heterocycles. The zero-order valence-corrected chi connectivity index (χ0v) is 12.1. The van der Waals surface area contributed by atoms with Crippen molar-refractivity contribution >= 4 is 5.69 Å². The van der Waals surface area contributed by atoms with Crippen molar-refractivity contribution in [3.05, 3.63) is 60.2 Å². The van der Waals surface area contributed by atoms with Crippen molar-refractivity contribution in [2.24, 2.45) is 5.73 Å². The Morgan fingerprint density at radius 3 is 2.50 bits per heavy atom. The van der Waals surface area contributed by atoms with Crippen LogP contribution in [0.5, 0.6) is 5.75 Å². The fraction of sp³-hybridized carbons (Fsp3) is 0.294. The van der Waals surface area contributed by atoms with Gasteiger partial charge in [0.15, 0.2) is 0 Å². The Hall–Kier alpha value is -2.00. The van der Waals surface area contributed by atoms with Gasteiger partial charge in [0.2, 0.25) is 0 Å². The SMILES string of the molecule is CCOc1cccc(C(CN)N(C)c2ccccc2)c1. The number of anilines is 1. The molecule has 106 valence electrons. The van der Waals surface area contributed by atoms with Crippen molar-refractivity contribution in [2.45, 2.75) is 13.0 Å². The van der Waals surface area contributed by atoms with Crippen LogP contribution in [0.2, 0.25) is 0 Å². The maximum atomic E-state index is 5.98. The fourth-order valence-electron chi connectivity index (χ4n) is 2.34. The van der Waals surface area contributed by atoms with E-state index < -0.39 is 0 Å². The van der Waals surface area contributed by atoms with Crippen LogP contribution < -0.4 is 15.4 Å². The van der Waals surface area contributed by atoms with Gasteiger partial charge < -0.3 is 15.4 Å². The number of likely N-dealkylation sites (N-methyl/N-ethyl adjacent to an activating group) is 1. The second-order valence-electron chi connectivity index (χ2n) is 4.70. The average molecular weight is 270 g/mol. The van der Waals surface area contributed by atoms with Crippen LogP contribution in [-0.2, 0) is 0 Å². The Bertz CT molecular complexity index is 528. The molecule has 0 radical (unpaired) electrons. The molecule has 2 N–H and O–H groups in total. The van der Waals surface area contributed by atoms with Gasteiger partial charge in [-0.05, 0) is 36.8 Å². The van der Waals surface area contributed by atoms with Crippen LogP contribution in [0.25, 0.3) is 0 Å². The van der Waals surface area contributed by atoms with E-state index >= 15 is 0 Å². The minimum atomic E-state index is 0.137. The molecular weight excluding hydrogens is 248 g/mol. The molecule has 2 rings (SSSR count). The molecule has 3 heteroatoms. The molecule has 0 heterocycles. The first-order valence-electron chi connectivity index (χ1n) is 6.97. The van der Waals surface area contributed by atoms with Crippen LogP contribution in [0.15, 0.2) is 54.6 Å². The number of nitrogens with zero attached hydrogens (tertiary/aromatic N) is 1. The number of para-hydroxylation sites is 1. The highest BCUT2D eigenvalue weighted by Crippen LogP contribution is 2.26. The van der Waals surface area contributed by atoms with Gasteiger partial charge in [0.1, 0.15) is 5.75 Å². The second-order valence-corrected chi connectivity index (χ2v) is 4.70. The third kappa shape index (κ3) is 3.31. The summed E-state index contributed by atoms with van der Waals surface area (Å²) in [5.74, 6) is 0.893. The van der Waals surface area contributed by atoms with E-state index in [-0.39, 0.29) is 6.04 Å². The van der Waals surface area contributed by atoms with E-state index in [4.69, 9.17) is 10.5 Å². The van der Waals surface area contributed by atoms with E-state index in [9.17, 15) is 0 Å². The smallest absolute Gasteiger partial charge is 0.119 e. The summed E-state index contributed by atoms with van der Waals surface area (Å²) in [7, 11) is 2.07. The van der Waals surface area contributed by atoms with E-state index in [0.717, 1.165) is 11.4 Å². The van der Waals surface area contributed by atoms with Gasteiger partial charge in [0.25, 0.3) is 0 Å². The lowest BCUT2D eigenvalue weighted by Gasteiger charge is -2.29. The summed E-state index contributed by atoms with van der Waals surface area (Å²) in [5, 5.41) is 0. The first-order valence-corrected chi connectivity index (χ1v) is 6.97. The quantitative estimate of drug-likeness (QED) is 0.876. The Kier molecular flexibility index (Phi) is 5.02. The van der Waals surface area contributed by atoms with Crippen molar-refractivity contribution in [2.75, 3.05) is 25.1 Å². The van der Waals surface area contributed by atoms with E-state index in [1.165, 1.54) is 5.56 Å². The lowest BCUT2D eigenvalue weighted by atomic mass is 10.0. The molecule has 0 saturated heterocycles. The van der Waals surface area contributed by atoms with E-state index in [1.54, 1.807) is 0 Å². The molecule has 1 unspecified atom stereocenters. The van der Waals surface area contributed by atoms with Crippen LogP contribution >= 0.6 is 0 Å². The molecule has 0 fully saturated rings. The van der Waals surface area contributed by atoms with Gasteiger partial charge in [0, 0.05) is 19.3 Å². The van der Waals surface area contributed by atoms with E-state index in [1.807, 2.05) is 37.3 Å². The van der Waals surface area contributed by atoms with Crippen molar-refractivity contribution in [3.63, 3.8) is 0 Å². The molecule has 1 atom stereocenters. The van der Waals surface area contributed by atoms with Crippen LogP contribution in [0.1, 0.15) is 18.5 Å². The third-order valence-electron chi connectivity index (χ3n) is 3.41. The number of benzene rings is 2. The maximum absolute atomic E-state index is 5.98. The number of hydrogen-bond donors (Lipinski definition) is 1. The molecule has 0 spiro atoms. The predicted octanol–water partition coefficient (Wildman–Crippen LogP) is 3.22. The average Bonchev–Trinajstić information content (AvgIpc) is 2.49. The highest BCUT2D eigenvalue weighted by molar-refractivity contribution is 5.48. The molecule has 0 aliphatic carbocycles. The number of hydrogen-bond acceptors (Lipinski definition) is 3. The van der Waals surface area contributed by atoms with Crippen molar-refractivity contribution in [1.29, 1.82) is 0 Å². The molecule has 2 aromatic carbocycles. The summed E-state index contributed by atoms with van der Waals surface area (Å²) in [4.78, 5) is 2.20. The van der Waals surface area contributed by atoms with Gasteiger partial charge in [-0.3, -0.25) is 0 Å². The Morgan fingerprint density at radius 1 is 1.10 bits per heavy atom. The fourth-order valence-corrected chi connectivity index (χ4v) is 2.34. The maximum Gasteiger partial charge on any atom is 0.119 e. The van der Waals surface area contributed by atoms with Crippen LogP contribution in [-0.4, -0.2) is 20.2 Å². The zero-order chi connectivity index (χ0) is 14.4. The first kappa shape index (κ1) is 14.4. The highest BCUT2D eigenvalue weighted by atomic mass is 16.5. The summed E-state index contributed by atoms with van der Waals surface area (Å²) in [6.07, 6.45) is 0. The zero-order valence-electron chi connectivity index (χ0n) is 12.1. The summed E-state index contributed by atoms with van der Waals surface area (Å²) in [5.41, 5.74) is 8.31. The van der Waals surface area contributed by atoms with Crippen molar-refractivity contribution < 1.29 is 4.74 Å². The van der Waals surface area contributed by atoms with E-state index in [2.05, 4.69) is 36.2 Å². The lowest BCUT2D eigenvalue weighted by Crippen LogP contribution is -2.30. The summed E-state index contributed by atoms with van der Waals surface area (Å²) >= 11 is 0. The molecule has 0 aliphatic rings. The Balaban J connectivity index is 2.25. The number of nitrogens with two attached hydrogens (primary N) is 1. The largest absolute Gasteiger partial charge is 0.494 e. The van der Waals surface area contributed by atoms with Gasteiger partial charge in [-0.15, -0.1) is 0 Å². The van der Waals surface area contributed by atoms with Crippen molar-refractivity contribution in [3.8, 4) is 5.75 Å². The number of rotatable bonds is 6. The molecule has 20 heavy (non-hydrogen) atoms. The van der Waals surface area contributed by atoms with Gasteiger partial charge in [-0.2, -0.15) is 0 Å². The normalized spacial score (nSPS) is 11.9. The third-order valence-corrected chi connectivity index (χ3v) is 3.41. The molecule has 0 saturated carbocycles. The number of ether oxygens (including phenoxy) is 1. The standard InChI is InChI=1S/C17H22N2O/c1-3-20-16-11-7-8-14(12-16)17(13-18)19(2)15-9-5-4-6-10-15/h4-12,17H,3,13,18H2,1-2H3. The minimum absolute atomic E-state index is 0.137. The lowest BCUT2D eigenvalue weighted by molar-refractivity contribution is 0.339. The van der Waals surface area contributed by atoms with Gasteiger partial charge in [-0.25, -0.2) is 0 Å². The van der Waals surface area contributed by atoms with Crippen molar-refractivity contribution in [1.82, 2.24) is 0 Å². The molecule has 2 aromatic rings. The Labute approximate surface area is 121 Å². The van der Waals surface area contributed by atoms with Gasteiger partial charge >= 0.3 is 0 Å². The summed E-state index contributed by atoms with van der Waals surface area (Å²) in [6.45, 7) is 3.22. The monoisotopic (exact) mass is 270 g/mol. The second kappa shape index (κ2) is 6.96. The predicted molar refractivity (Wildman–Crippen MR) is 84.3 cm³/mol. The Morgan fingerprint density at radius 2 is 1.85 bits per heavy atom. The van der Waals surface area contributed by atoms with Crippen LogP contribution in [0.4, 0.5) is 5.69 Å². The molecule has 0 aromatic heterocycles. The molecule has 3 nitrogen and oxygen atoms in total.